The first-order valence-electron chi connectivity index (χ1n) is 5.81. The van der Waals surface area contributed by atoms with Gasteiger partial charge in [0.2, 0.25) is 0 Å². The maximum absolute atomic E-state index is 3.95. The topological polar surface area (TPSA) is 42.7 Å². The Hall–Kier alpha value is -0.550. The van der Waals surface area contributed by atoms with Crippen molar-refractivity contribution in [3.63, 3.8) is 0 Å². The molecule has 0 spiro atoms. The summed E-state index contributed by atoms with van der Waals surface area (Å²) in [5, 5.41) is 11.3. The number of thioether (sulfide) groups is 1. The predicted octanol–water partition coefficient (Wildman–Crippen LogP) is 1.40. The monoisotopic (exact) mass is 240 g/mol. The van der Waals surface area contributed by atoms with Crippen molar-refractivity contribution < 1.29 is 0 Å². The molecule has 4 nitrogen and oxygen atoms in total. The summed E-state index contributed by atoms with van der Waals surface area (Å²) in [6, 6.07) is 0.650. The molecule has 90 valence electrons. The molecule has 5 heteroatoms. The van der Waals surface area contributed by atoms with Crippen LogP contribution in [-0.4, -0.2) is 39.1 Å². The highest BCUT2D eigenvalue weighted by Gasteiger charge is 2.27. The lowest BCUT2D eigenvalue weighted by Crippen LogP contribution is -2.41. The second-order valence-electron chi connectivity index (χ2n) is 5.20. The van der Waals surface area contributed by atoms with Crippen molar-refractivity contribution >= 4 is 11.8 Å². The van der Waals surface area contributed by atoms with Gasteiger partial charge in [-0.25, -0.2) is 0 Å². The molecule has 0 amide bonds. The van der Waals surface area contributed by atoms with E-state index in [1.165, 1.54) is 17.9 Å². The van der Waals surface area contributed by atoms with Gasteiger partial charge in [0.15, 0.2) is 0 Å². The van der Waals surface area contributed by atoms with Crippen molar-refractivity contribution in [3.05, 3.63) is 12.4 Å². The molecule has 1 aromatic heterocycles. The van der Waals surface area contributed by atoms with Crippen LogP contribution in [0.5, 0.6) is 0 Å². The molecular weight excluding hydrogens is 220 g/mol. The van der Waals surface area contributed by atoms with Gasteiger partial charge in [0.1, 0.15) is 0 Å². The van der Waals surface area contributed by atoms with Gasteiger partial charge < -0.3 is 5.32 Å². The van der Waals surface area contributed by atoms with Crippen LogP contribution in [-0.2, 0) is 6.54 Å². The maximum Gasteiger partial charge on any atom is 0.0692 e. The van der Waals surface area contributed by atoms with Crippen LogP contribution in [0.25, 0.3) is 0 Å². The third-order valence-electron chi connectivity index (χ3n) is 2.86. The van der Waals surface area contributed by atoms with Crippen molar-refractivity contribution in [2.75, 3.05) is 18.1 Å². The third kappa shape index (κ3) is 3.49. The molecular formula is C11H20N4S. The molecule has 2 heterocycles. The summed E-state index contributed by atoms with van der Waals surface area (Å²) in [4.78, 5) is 0. The van der Waals surface area contributed by atoms with Gasteiger partial charge in [-0.15, -0.1) is 5.10 Å². The minimum absolute atomic E-state index is 0.480. The molecule has 0 saturated carbocycles. The average molecular weight is 240 g/mol. The van der Waals surface area contributed by atoms with Crippen LogP contribution in [0.3, 0.4) is 0 Å². The lowest BCUT2D eigenvalue weighted by molar-refractivity contribution is 0.315. The van der Waals surface area contributed by atoms with E-state index in [4.69, 9.17) is 0 Å². The fourth-order valence-electron chi connectivity index (χ4n) is 2.13. The lowest BCUT2D eigenvalue weighted by Gasteiger charge is -2.35. The highest BCUT2D eigenvalue weighted by atomic mass is 32.2. The van der Waals surface area contributed by atoms with Gasteiger partial charge >= 0.3 is 0 Å². The summed E-state index contributed by atoms with van der Waals surface area (Å²) < 4.78 is 1.87. The fourth-order valence-corrected chi connectivity index (χ4v) is 3.44. The normalized spacial score (nSPS) is 24.5. The van der Waals surface area contributed by atoms with Gasteiger partial charge in [0.05, 0.1) is 12.7 Å². The van der Waals surface area contributed by atoms with Crippen LogP contribution in [0, 0.1) is 5.41 Å². The number of hydrogen-bond donors (Lipinski definition) is 1. The number of nitrogens with one attached hydrogen (secondary N) is 1. The predicted molar refractivity (Wildman–Crippen MR) is 67.5 cm³/mol. The largest absolute Gasteiger partial charge is 0.311 e. The summed E-state index contributed by atoms with van der Waals surface area (Å²) in [5.74, 6) is 2.52. The number of aromatic nitrogens is 3. The van der Waals surface area contributed by atoms with E-state index in [0.717, 1.165) is 13.1 Å². The summed E-state index contributed by atoms with van der Waals surface area (Å²) >= 11 is 2.06. The van der Waals surface area contributed by atoms with E-state index >= 15 is 0 Å². The molecule has 16 heavy (non-hydrogen) atoms. The summed E-state index contributed by atoms with van der Waals surface area (Å²) in [6.07, 6.45) is 4.90. The Balaban J connectivity index is 1.70. The minimum Gasteiger partial charge on any atom is -0.311 e. The average Bonchev–Trinajstić information content (AvgIpc) is 2.69. The van der Waals surface area contributed by atoms with Crippen molar-refractivity contribution in [1.82, 2.24) is 20.3 Å². The summed E-state index contributed by atoms with van der Waals surface area (Å²) in [5.41, 5.74) is 0.480. The Morgan fingerprint density at radius 1 is 1.56 bits per heavy atom. The van der Waals surface area contributed by atoms with Gasteiger partial charge in [0.25, 0.3) is 0 Å². The summed E-state index contributed by atoms with van der Waals surface area (Å²) in [7, 11) is 0. The molecule has 2 rings (SSSR count). The fraction of sp³-hybridized carbons (Fsp3) is 0.818. The van der Waals surface area contributed by atoms with E-state index in [9.17, 15) is 0 Å². The van der Waals surface area contributed by atoms with Crippen molar-refractivity contribution in [2.24, 2.45) is 5.41 Å². The summed E-state index contributed by atoms with van der Waals surface area (Å²) in [6.45, 7) is 6.59. The van der Waals surface area contributed by atoms with Gasteiger partial charge in [0, 0.05) is 24.5 Å². The zero-order chi connectivity index (χ0) is 11.4. The molecule has 1 N–H and O–H groups in total. The van der Waals surface area contributed by atoms with Crippen molar-refractivity contribution in [2.45, 2.75) is 32.9 Å². The molecule has 1 aliphatic heterocycles. The van der Waals surface area contributed by atoms with E-state index in [2.05, 4.69) is 41.2 Å². The van der Waals surface area contributed by atoms with Gasteiger partial charge in [-0.3, -0.25) is 4.68 Å². The Morgan fingerprint density at radius 3 is 3.12 bits per heavy atom. The van der Waals surface area contributed by atoms with Crippen LogP contribution < -0.4 is 5.32 Å². The molecule has 1 aliphatic rings. The number of rotatable bonds is 4. The Labute approximate surface area is 101 Å². The third-order valence-corrected chi connectivity index (χ3v) is 4.48. The van der Waals surface area contributed by atoms with Crippen molar-refractivity contribution in [1.29, 1.82) is 0 Å². The zero-order valence-electron chi connectivity index (χ0n) is 10.0. The first-order chi connectivity index (χ1) is 7.66. The first-order valence-corrected chi connectivity index (χ1v) is 6.96. The SMILES string of the molecule is CC1(C)CSCC(NCCn2ccnn2)C1. The second-order valence-corrected chi connectivity index (χ2v) is 6.23. The van der Waals surface area contributed by atoms with E-state index in [0.29, 0.717) is 11.5 Å². The Kier molecular flexibility index (Phi) is 3.86. The number of nitrogens with zero attached hydrogens (tertiary/aromatic N) is 3. The minimum atomic E-state index is 0.480. The van der Waals surface area contributed by atoms with Crippen molar-refractivity contribution in [3.8, 4) is 0 Å². The first kappa shape index (κ1) is 11.9. The lowest BCUT2D eigenvalue weighted by atomic mass is 9.88. The maximum atomic E-state index is 3.95. The Bertz CT molecular complexity index is 310. The molecule has 1 unspecified atom stereocenters. The van der Waals surface area contributed by atoms with Gasteiger partial charge in [-0.05, 0) is 17.6 Å². The van der Waals surface area contributed by atoms with Crippen LogP contribution in [0.1, 0.15) is 20.3 Å². The molecule has 0 bridgehead atoms. The van der Waals surface area contributed by atoms with Crippen LogP contribution in [0.4, 0.5) is 0 Å². The van der Waals surface area contributed by atoms with E-state index < -0.39 is 0 Å². The Morgan fingerprint density at radius 2 is 2.44 bits per heavy atom. The van der Waals surface area contributed by atoms with Crippen LogP contribution >= 0.6 is 11.8 Å². The van der Waals surface area contributed by atoms with E-state index in [1.807, 2.05) is 10.9 Å². The zero-order valence-corrected chi connectivity index (χ0v) is 10.8. The standard InChI is InChI=1S/C11H20N4S/c1-11(2)7-10(8-16-9-11)12-3-5-15-6-4-13-14-15/h4,6,10,12H,3,5,7-9H2,1-2H3. The highest BCUT2D eigenvalue weighted by molar-refractivity contribution is 7.99. The quantitative estimate of drug-likeness (QED) is 0.864. The van der Waals surface area contributed by atoms with Gasteiger partial charge in [-0.1, -0.05) is 19.1 Å². The molecule has 0 radical (unpaired) electrons. The molecule has 1 fully saturated rings. The molecule has 1 atom stereocenters. The van der Waals surface area contributed by atoms with Crippen LogP contribution in [0.15, 0.2) is 12.4 Å². The highest BCUT2D eigenvalue weighted by Crippen LogP contribution is 2.33. The smallest absolute Gasteiger partial charge is 0.0692 e. The van der Waals surface area contributed by atoms with E-state index in [1.54, 1.807) is 6.20 Å². The molecule has 1 saturated heterocycles. The van der Waals surface area contributed by atoms with Gasteiger partial charge in [-0.2, -0.15) is 11.8 Å². The van der Waals surface area contributed by atoms with Crippen LogP contribution in [0.2, 0.25) is 0 Å². The van der Waals surface area contributed by atoms with E-state index in [-0.39, 0.29) is 0 Å². The number of hydrogen-bond acceptors (Lipinski definition) is 4. The molecule has 0 aliphatic carbocycles. The molecule has 0 aromatic carbocycles. The second kappa shape index (κ2) is 5.19. The molecule has 1 aromatic rings.